The highest BCUT2D eigenvalue weighted by Gasteiger charge is 2.24. The van der Waals surface area contributed by atoms with Crippen LogP contribution >= 0.6 is 0 Å². The van der Waals surface area contributed by atoms with Gasteiger partial charge in [-0.3, -0.25) is 0 Å². The fraction of sp³-hybridized carbons (Fsp3) is 0. The molecular weight excluding hydrogens is 671 g/mol. The summed E-state index contributed by atoms with van der Waals surface area (Å²) in [6.07, 6.45) is 0. The molecule has 0 spiro atoms. The van der Waals surface area contributed by atoms with Gasteiger partial charge in [0.2, 0.25) is 0 Å². The molecular formula is C50H29N5. The highest BCUT2D eigenvalue weighted by molar-refractivity contribution is 6.16. The van der Waals surface area contributed by atoms with E-state index >= 15 is 0 Å². The van der Waals surface area contributed by atoms with Crippen molar-refractivity contribution >= 4 is 65.4 Å². The quantitative estimate of drug-likeness (QED) is 0.184. The maximum atomic E-state index is 10.8. The maximum Gasteiger partial charge on any atom is 0.0998 e. The van der Waals surface area contributed by atoms with E-state index < -0.39 is 0 Å². The Morgan fingerprint density at radius 3 is 1.47 bits per heavy atom. The van der Waals surface area contributed by atoms with Crippen molar-refractivity contribution in [3.8, 4) is 40.3 Å². The first-order valence-electron chi connectivity index (χ1n) is 18.3. The summed E-state index contributed by atoms with van der Waals surface area (Å²) in [6, 6.07) is 65.9. The molecule has 3 heterocycles. The third-order valence-corrected chi connectivity index (χ3v) is 11.1. The van der Waals surface area contributed by atoms with Gasteiger partial charge in [0.05, 0.1) is 73.4 Å². The first-order valence-corrected chi connectivity index (χ1v) is 18.3. The Morgan fingerprint density at radius 2 is 0.818 bits per heavy atom. The predicted octanol–water partition coefficient (Wildman–Crippen LogP) is 12.4. The molecule has 5 heteroatoms. The van der Waals surface area contributed by atoms with Gasteiger partial charge in [-0.2, -0.15) is 10.5 Å². The number of fused-ring (bicyclic) bond motifs is 9. The van der Waals surface area contributed by atoms with Crippen LogP contribution in [0.3, 0.4) is 0 Å². The van der Waals surface area contributed by atoms with Gasteiger partial charge in [-0.1, -0.05) is 109 Å². The first kappa shape index (κ1) is 30.7. The van der Waals surface area contributed by atoms with Crippen LogP contribution in [0.4, 0.5) is 0 Å². The zero-order valence-corrected chi connectivity index (χ0v) is 29.5. The minimum atomic E-state index is 0.577. The van der Waals surface area contributed by atoms with Crippen LogP contribution in [0.1, 0.15) is 11.1 Å². The van der Waals surface area contributed by atoms with E-state index in [9.17, 15) is 10.5 Å². The summed E-state index contributed by atoms with van der Waals surface area (Å²) in [6.45, 7) is 0. The second kappa shape index (κ2) is 11.8. The monoisotopic (exact) mass is 699 g/mol. The molecule has 0 aliphatic heterocycles. The zero-order valence-electron chi connectivity index (χ0n) is 29.5. The standard InChI is InChI=1S/C50H29N5/c51-30-32-27-28-46-40(29-32)37-17-4-8-22-43(37)53(46)47-25-11-13-33(31-52)49(47)39-18-5-10-24-45(39)55-44-23-9-3-16-36(44)38-19-12-26-48(50(38)55)54-41-20-6-1-14-34(41)35-15-2-7-21-42(35)54/h1-29H. The minimum Gasteiger partial charge on any atom is -0.309 e. The van der Waals surface area contributed by atoms with E-state index in [0.29, 0.717) is 11.1 Å². The van der Waals surface area contributed by atoms with Gasteiger partial charge in [-0.15, -0.1) is 0 Å². The molecule has 3 aromatic heterocycles. The predicted molar refractivity (Wildman–Crippen MR) is 224 cm³/mol. The van der Waals surface area contributed by atoms with E-state index in [1.54, 1.807) is 0 Å². The van der Waals surface area contributed by atoms with Gasteiger partial charge < -0.3 is 13.7 Å². The van der Waals surface area contributed by atoms with Crippen LogP contribution in [-0.2, 0) is 0 Å². The van der Waals surface area contributed by atoms with E-state index in [4.69, 9.17) is 0 Å². The van der Waals surface area contributed by atoms with Gasteiger partial charge in [-0.05, 0) is 66.7 Å². The fourth-order valence-corrected chi connectivity index (χ4v) is 8.90. The Hall–Kier alpha value is -7.86. The van der Waals surface area contributed by atoms with Crippen LogP contribution < -0.4 is 0 Å². The smallest absolute Gasteiger partial charge is 0.0998 e. The van der Waals surface area contributed by atoms with Gasteiger partial charge in [0.15, 0.2) is 0 Å². The summed E-state index contributed by atoms with van der Waals surface area (Å²) in [7, 11) is 0. The first-order chi connectivity index (χ1) is 27.2. The lowest BCUT2D eigenvalue weighted by Gasteiger charge is -2.20. The number of benzene rings is 8. The summed E-state index contributed by atoms with van der Waals surface area (Å²) in [5.41, 5.74) is 12.3. The number of para-hydroxylation sites is 6. The summed E-state index contributed by atoms with van der Waals surface area (Å²) >= 11 is 0. The van der Waals surface area contributed by atoms with Crippen molar-refractivity contribution in [3.63, 3.8) is 0 Å². The Labute approximate surface area is 316 Å². The number of aromatic nitrogens is 3. The van der Waals surface area contributed by atoms with E-state index in [-0.39, 0.29) is 0 Å². The molecule has 0 atom stereocenters. The SMILES string of the molecule is N#Cc1ccc2c(c1)c1ccccc1n2-c1cccc(C#N)c1-c1ccccc1-n1c2ccccc2c2cccc(-n3c4ccccc4c4ccccc43)c21. The van der Waals surface area contributed by atoms with Crippen molar-refractivity contribution in [1.82, 2.24) is 13.7 Å². The third kappa shape index (κ3) is 4.33. The average Bonchev–Trinajstić information content (AvgIpc) is 3.89. The normalized spacial score (nSPS) is 11.6. The van der Waals surface area contributed by atoms with Crippen molar-refractivity contribution in [3.05, 3.63) is 187 Å². The fourth-order valence-electron chi connectivity index (χ4n) is 8.90. The van der Waals surface area contributed by atoms with Crippen LogP contribution in [0.2, 0.25) is 0 Å². The molecule has 11 aromatic rings. The molecule has 0 saturated carbocycles. The van der Waals surface area contributed by atoms with Crippen LogP contribution in [-0.4, -0.2) is 13.7 Å². The van der Waals surface area contributed by atoms with Crippen molar-refractivity contribution in [2.75, 3.05) is 0 Å². The third-order valence-electron chi connectivity index (χ3n) is 11.1. The molecule has 8 aromatic carbocycles. The molecule has 254 valence electrons. The van der Waals surface area contributed by atoms with Crippen LogP contribution in [0, 0.1) is 22.7 Å². The topological polar surface area (TPSA) is 62.4 Å². The molecule has 0 saturated heterocycles. The average molecular weight is 700 g/mol. The van der Waals surface area contributed by atoms with Crippen molar-refractivity contribution in [2.24, 2.45) is 0 Å². The highest BCUT2D eigenvalue weighted by Crippen LogP contribution is 2.44. The largest absolute Gasteiger partial charge is 0.309 e. The van der Waals surface area contributed by atoms with E-state index in [1.165, 1.54) is 10.8 Å². The molecule has 0 aliphatic carbocycles. The maximum absolute atomic E-state index is 10.8. The highest BCUT2D eigenvalue weighted by atomic mass is 15.1. The second-order valence-corrected chi connectivity index (χ2v) is 13.9. The Bertz CT molecular complexity index is 3420. The second-order valence-electron chi connectivity index (χ2n) is 13.9. The zero-order chi connectivity index (χ0) is 36.6. The van der Waals surface area contributed by atoms with Gasteiger partial charge >= 0.3 is 0 Å². The Morgan fingerprint density at radius 1 is 0.345 bits per heavy atom. The molecule has 0 bridgehead atoms. The molecule has 0 N–H and O–H groups in total. The lowest BCUT2D eigenvalue weighted by molar-refractivity contribution is 1.13. The van der Waals surface area contributed by atoms with Crippen LogP contribution in [0.5, 0.6) is 0 Å². The number of nitriles is 2. The molecule has 0 fully saturated rings. The molecule has 55 heavy (non-hydrogen) atoms. The Kier molecular flexibility index (Phi) is 6.61. The Balaban J connectivity index is 1.27. The van der Waals surface area contributed by atoms with Gasteiger partial charge in [-0.25, -0.2) is 0 Å². The summed E-state index contributed by atoms with van der Waals surface area (Å²) < 4.78 is 7.03. The number of hydrogen-bond donors (Lipinski definition) is 0. The van der Waals surface area contributed by atoms with Crippen molar-refractivity contribution in [1.29, 1.82) is 10.5 Å². The lowest BCUT2D eigenvalue weighted by Crippen LogP contribution is -2.04. The van der Waals surface area contributed by atoms with Crippen molar-refractivity contribution < 1.29 is 0 Å². The molecule has 0 radical (unpaired) electrons. The van der Waals surface area contributed by atoms with Gasteiger partial charge in [0, 0.05) is 43.4 Å². The molecule has 11 rings (SSSR count). The van der Waals surface area contributed by atoms with Gasteiger partial charge in [0.1, 0.15) is 0 Å². The lowest BCUT2D eigenvalue weighted by atomic mass is 9.96. The minimum absolute atomic E-state index is 0.577. The molecule has 0 aliphatic rings. The van der Waals surface area contributed by atoms with Crippen LogP contribution in [0.25, 0.3) is 93.6 Å². The number of hydrogen-bond acceptors (Lipinski definition) is 2. The van der Waals surface area contributed by atoms with E-state index in [0.717, 1.165) is 82.8 Å². The summed E-state index contributed by atoms with van der Waals surface area (Å²) in [5.74, 6) is 0. The van der Waals surface area contributed by atoms with Crippen LogP contribution in [0.15, 0.2) is 176 Å². The van der Waals surface area contributed by atoms with E-state index in [1.807, 2.05) is 42.5 Å². The number of nitrogens with zero attached hydrogens (tertiary/aromatic N) is 5. The summed E-state index contributed by atoms with van der Waals surface area (Å²) in [4.78, 5) is 0. The molecule has 5 nitrogen and oxygen atoms in total. The van der Waals surface area contributed by atoms with Crippen molar-refractivity contribution in [2.45, 2.75) is 0 Å². The van der Waals surface area contributed by atoms with Gasteiger partial charge in [0.25, 0.3) is 0 Å². The summed E-state index contributed by atoms with van der Waals surface area (Å²) in [5, 5.41) is 27.4. The molecule has 0 unspecified atom stereocenters. The molecule has 0 amide bonds. The van der Waals surface area contributed by atoms with E-state index in [2.05, 4.69) is 159 Å². The number of rotatable bonds is 4.